The summed E-state index contributed by atoms with van der Waals surface area (Å²) in [5.74, 6) is -0.456. The molecular formula is C29H26N4O2. The fourth-order valence-electron chi connectivity index (χ4n) is 5.23. The molecule has 6 rings (SSSR count). The van der Waals surface area contributed by atoms with Crippen molar-refractivity contribution in [1.29, 1.82) is 0 Å². The lowest BCUT2D eigenvalue weighted by Gasteiger charge is -2.32. The van der Waals surface area contributed by atoms with Gasteiger partial charge in [0, 0.05) is 48.0 Å². The number of nitrogens with one attached hydrogen (secondary N) is 1. The molecule has 3 N–H and O–H groups in total. The zero-order valence-electron chi connectivity index (χ0n) is 19.5. The van der Waals surface area contributed by atoms with Crippen molar-refractivity contribution in [1.82, 2.24) is 14.8 Å². The van der Waals surface area contributed by atoms with Crippen LogP contribution in [0.4, 0.5) is 0 Å². The zero-order valence-corrected chi connectivity index (χ0v) is 19.5. The maximum atomic E-state index is 13.2. The number of nitrogens with zero attached hydrogens (tertiary/aromatic N) is 2. The molecule has 4 aromatic carbocycles. The molecule has 0 saturated carbocycles. The van der Waals surface area contributed by atoms with Crippen molar-refractivity contribution in [3.63, 3.8) is 0 Å². The minimum Gasteiger partial charge on any atom is -0.366 e. The molecule has 2 heterocycles. The summed E-state index contributed by atoms with van der Waals surface area (Å²) in [5, 5.41) is 4.18. The quantitative estimate of drug-likeness (QED) is 0.410. The van der Waals surface area contributed by atoms with Crippen molar-refractivity contribution in [3.05, 3.63) is 83.9 Å². The summed E-state index contributed by atoms with van der Waals surface area (Å²) < 4.78 is 0. The van der Waals surface area contributed by atoms with E-state index in [-0.39, 0.29) is 5.91 Å². The van der Waals surface area contributed by atoms with Crippen LogP contribution in [0.25, 0.3) is 43.7 Å². The van der Waals surface area contributed by atoms with Crippen LogP contribution in [-0.2, 0) is 0 Å². The molecule has 1 fully saturated rings. The van der Waals surface area contributed by atoms with Crippen LogP contribution in [-0.4, -0.2) is 59.8 Å². The molecule has 0 unspecified atom stereocenters. The van der Waals surface area contributed by atoms with Crippen LogP contribution in [0.1, 0.15) is 20.7 Å². The van der Waals surface area contributed by atoms with Gasteiger partial charge in [0.05, 0.1) is 11.1 Å². The van der Waals surface area contributed by atoms with E-state index < -0.39 is 5.91 Å². The number of piperazine rings is 1. The predicted octanol–water partition coefficient (Wildman–Crippen LogP) is 4.63. The van der Waals surface area contributed by atoms with Gasteiger partial charge in [0.2, 0.25) is 0 Å². The number of likely N-dealkylation sites (N-methyl/N-ethyl adjacent to an activating group) is 1. The minimum absolute atomic E-state index is 0.0306. The third-order valence-electron chi connectivity index (χ3n) is 7.14. The highest BCUT2D eigenvalue weighted by Gasteiger charge is 2.22. The van der Waals surface area contributed by atoms with E-state index in [0.717, 1.165) is 64.4 Å². The fraction of sp³-hybridized carbons (Fsp3) is 0.172. The van der Waals surface area contributed by atoms with Gasteiger partial charge in [0.1, 0.15) is 0 Å². The van der Waals surface area contributed by atoms with Crippen molar-refractivity contribution < 1.29 is 9.59 Å². The summed E-state index contributed by atoms with van der Waals surface area (Å²) in [4.78, 5) is 33.0. The first kappa shape index (κ1) is 21.4. The second-order valence-electron chi connectivity index (χ2n) is 9.28. The zero-order chi connectivity index (χ0) is 24.1. The van der Waals surface area contributed by atoms with Crippen molar-refractivity contribution in [2.45, 2.75) is 0 Å². The highest BCUT2D eigenvalue weighted by molar-refractivity contribution is 6.21. The smallest absolute Gasteiger partial charge is 0.254 e. The highest BCUT2D eigenvalue weighted by Crippen LogP contribution is 2.39. The number of aromatic nitrogens is 1. The number of H-pyrrole nitrogens is 1. The van der Waals surface area contributed by atoms with E-state index >= 15 is 0 Å². The largest absolute Gasteiger partial charge is 0.366 e. The molecule has 0 aliphatic carbocycles. The third kappa shape index (κ3) is 3.54. The van der Waals surface area contributed by atoms with Gasteiger partial charge in [-0.1, -0.05) is 54.6 Å². The van der Waals surface area contributed by atoms with Crippen LogP contribution in [0.15, 0.2) is 72.8 Å². The lowest BCUT2D eigenvalue weighted by molar-refractivity contribution is 0.0664. The summed E-state index contributed by atoms with van der Waals surface area (Å²) in [6.07, 6.45) is 0. The Hall–Kier alpha value is -4.16. The highest BCUT2D eigenvalue weighted by atomic mass is 16.2. The Balaban J connectivity index is 1.55. The van der Waals surface area contributed by atoms with Gasteiger partial charge >= 0.3 is 0 Å². The van der Waals surface area contributed by atoms with Crippen LogP contribution < -0.4 is 5.73 Å². The second kappa shape index (κ2) is 8.25. The Morgan fingerprint density at radius 2 is 1.60 bits per heavy atom. The molecule has 0 spiro atoms. The first-order chi connectivity index (χ1) is 17.0. The van der Waals surface area contributed by atoms with Gasteiger partial charge in [0.25, 0.3) is 11.8 Å². The molecule has 174 valence electrons. The molecule has 1 saturated heterocycles. The molecule has 35 heavy (non-hydrogen) atoms. The number of benzene rings is 4. The second-order valence-corrected chi connectivity index (χ2v) is 9.28. The van der Waals surface area contributed by atoms with Crippen molar-refractivity contribution in [2.75, 3.05) is 33.2 Å². The normalized spacial score (nSPS) is 14.7. The number of primary amides is 1. The third-order valence-corrected chi connectivity index (χ3v) is 7.14. The Kier molecular flexibility index (Phi) is 5.04. The molecular weight excluding hydrogens is 436 g/mol. The molecule has 2 amide bonds. The van der Waals surface area contributed by atoms with E-state index in [1.807, 2.05) is 47.4 Å². The number of carbonyl (C=O) groups is 2. The molecule has 0 radical (unpaired) electrons. The molecule has 0 atom stereocenters. The Labute approximate surface area is 202 Å². The first-order valence-corrected chi connectivity index (χ1v) is 11.9. The van der Waals surface area contributed by atoms with E-state index in [2.05, 4.69) is 41.2 Å². The van der Waals surface area contributed by atoms with Gasteiger partial charge in [-0.3, -0.25) is 9.59 Å². The van der Waals surface area contributed by atoms with Gasteiger partial charge < -0.3 is 20.5 Å². The molecule has 0 bridgehead atoms. The number of carbonyl (C=O) groups excluding carboxylic acids is 2. The summed E-state index contributed by atoms with van der Waals surface area (Å²) in [6.45, 7) is 3.18. The van der Waals surface area contributed by atoms with E-state index in [9.17, 15) is 9.59 Å². The van der Waals surface area contributed by atoms with E-state index in [1.165, 1.54) is 0 Å². The number of nitrogens with two attached hydrogens (primary N) is 1. The number of hydrogen-bond acceptors (Lipinski definition) is 3. The molecule has 1 aromatic heterocycles. The number of aromatic amines is 1. The van der Waals surface area contributed by atoms with Gasteiger partial charge in [-0.05, 0) is 47.1 Å². The van der Waals surface area contributed by atoms with E-state index in [0.29, 0.717) is 16.6 Å². The number of rotatable bonds is 3. The lowest BCUT2D eigenvalue weighted by atomic mass is 9.93. The van der Waals surface area contributed by atoms with Crippen LogP contribution >= 0.6 is 0 Å². The summed E-state index contributed by atoms with van der Waals surface area (Å²) in [5.41, 5.74) is 10.4. The summed E-state index contributed by atoms with van der Waals surface area (Å²) in [7, 11) is 2.07. The average molecular weight is 463 g/mol. The SMILES string of the molecule is CN1CCN(C(=O)c2ccc3c(c2)[nH]c2c(C(N)=O)ccc(-c4cccc5ccccc45)c23)CC1. The predicted molar refractivity (Wildman–Crippen MR) is 141 cm³/mol. The van der Waals surface area contributed by atoms with Gasteiger partial charge in [-0.15, -0.1) is 0 Å². The van der Waals surface area contributed by atoms with Crippen molar-refractivity contribution in [3.8, 4) is 11.1 Å². The van der Waals surface area contributed by atoms with Crippen LogP contribution in [0.5, 0.6) is 0 Å². The van der Waals surface area contributed by atoms with Gasteiger partial charge in [-0.25, -0.2) is 0 Å². The maximum Gasteiger partial charge on any atom is 0.254 e. The first-order valence-electron chi connectivity index (χ1n) is 11.9. The number of hydrogen-bond donors (Lipinski definition) is 2. The summed E-state index contributed by atoms with van der Waals surface area (Å²) >= 11 is 0. The van der Waals surface area contributed by atoms with Crippen LogP contribution in [0.2, 0.25) is 0 Å². The summed E-state index contributed by atoms with van der Waals surface area (Å²) in [6, 6.07) is 24.0. The minimum atomic E-state index is -0.486. The topological polar surface area (TPSA) is 82.4 Å². The van der Waals surface area contributed by atoms with E-state index in [1.54, 1.807) is 6.07 Å². The number of amides is 2. The average Bonchev–Trinajstić information content (AvgIpc) is 3.26. The molecule has 1 aliphatic rings. The number of fused-ring (bicyclic) bond motifs is 4. The van der Waals surface area contributed by atoms with Crippen LogP contribution in [0.3, 0.4) is 0 Å². The maximum absolute atomic E-state index is 13.2. The van der Waals surface area contributed by atoms with Crippen LogP contribution in [0, 0.1) is 0 Å². The monoisotopic (exact) mass is 462 g/mol. The van der Waals surface area contributed by atoms with Gasteiger partial charge in [0.15, 0.2) is 0 Å². The van der Waals surface area contributed by atoms with Crippen molar-refractivity contribution in [2.24, 2.45) is 5.73 Å². The lowest BCUT2D eigenvalue weighted by Crippen LogP contribution is -2.47. The Bertz CT molecular complexity index is 1620. The molecule has 1 aliphatic heterocycles. The van der Waals surface area contributed by atoms with Crippen molar-refractivity contribution >= 4 is 44.4 Å². The molecule has 6 nitrogen and oxygen atoms in total. The fourth-order valence-corrected chi connectivity index (χ4v) is 5.23. The Morgan fingerprint density at radius 1 is 0.829 bits per heavy atom. The molecule has 5 aromatic rings. The Morgan fingerprint density at radius 3 is 2.40 bits per heavy atom. The standard InChI is InChI=1S/C29H26N4O2/c1-32-13-15-33(16-14-32)29(35)19-9-10-23-25(17-19)31-27-24(28(30)34)12-11-22(26(23)27)21-8-4-6-18-5-2-3-7-20(18)21/h2-12,17,31H,13-16H2,1H3,(H2,30,34). The molecule has 6 heteroatoms. The van der Waals surface area contributed by atoms with E-state index in [4.69, 9.17) is 5.73 Å². The van der Waals surface area contributed by atoms with Gasteiger partial charge in [-0.2, -0.15) is 0 Å².